The summed E-state index contributed by atoms with van der Waals surface area (Å²) < 4.78 is 5.41. The van der Waals surface area contributed by atoms with Crippen LogP contribution in [-0.4, -0.2) is 35.3 Å². The standard InChI is InChI=1S/C15H18N4O2/c1-21-14-12-6-8-16-9-7-13(12)18-15(19-14)17-10-2-4-11(20)5-3-10/h2-5,16,20H,6-9H2,1H3,(H,17,18,19). The van der Waals surface area contributed by atoms with E-state index in [-0.39, 0.29) is 5.75 Å². The number of hydrogen-bond acceptors (Lipinski definition) is 6. The van der Waals surface area contributed by atoms with E-state index >= 15 is 0 Å². The van der Waals surface area contributed by atoms with Crippen molar-refractivity contribution < 1.29 is 9.84 Å². The monoisotopic (exact) mass is 286 g/mol. The van der Waals surface area contributed by atoms with Gasteiger partial charge in [0.05, 0.1) is 12.8 Å². The Hall–Kier alpha value is -2.34. The molecule has 110 valence electrons. The van der Waals surface area contributed by atoms with Crippen LogP contribution in [0.1, 0.15) is 11.3 Å². The van der Waals surface area contributed by atoms with Gasteiger partial charge >= 0.3 is 0 Å². The largest absolute Gasteiger partial charge is 0.508 e. The summed E-state index contributed by atoms with van der Waals surface area (Å²) in [5.74, 6) is 1.37. The number of aromatic hydroxyl groups is 1. The minimum absolute atomic E-state index is 0.229. The van der Waals surface area contributed by atoms with Crippen molar-refractivity contribution in [2.45, 2.75) is 12.8 Å². The molecule has 0 radical (unpaired) electrons. The lowest BCUT2D eigenvalue weighted by Gasteiger charge is -2.12. The van der Waals surface area contributed by atoms with Gasteiger partial charge in [-0.2, -0.15) is 4.98 Å². The smallest absolute Gasteiger partial charge is 0.230 e. The number of methoxy groups -OCH3 is 1. The number of aromatic nitrogens is 2. The molecule has 1 aliphatic heterocycles. The van der Waals surface area contributed by atoms with Crippen LogP contribution in [0.3, 0.4) is 0 Å². The number of rotatable bonds is 3. The predicted molar refractivity (Wildman–Crippen MR) is 80.3 cm³/mol. The van der Waals surface area contributed by atoms with E-state index in [1.165, 1.54) is 0 Å². The van der Waals surface area contributed by atoms with E-state index in [0.717, 1.165) is 42.9 Å². The summed E-state index contributed by atoms with van der Waals surface area (Å²) in [6.45, 7) is 1.82. The number of phenolic OH excluding ortho intramolecular Hbond substituents is 1. The Bertz CT molecular complexity index is 628. The zero-order chi connectivity index (χ0) is 14.7. The lowest BCUT2D eigenvalue weighted by molar-refractivity contribution is 0.391. The highest BCUT2D eigenvalue weighted by Gasteiger charge is 2.17. The molecule has 0 unspecified atom stereocenters. The van der Waals surface area contributed by atoms with Crippen LogP contribution in [0.5, 0.6) is 11.6 Å². The van der Waals surface area contributed by atoms with Crippen molar-refractivity contribution in [2.75, 3.05) is 25.5 Å². The van der Waals surface area contributed by atoms with Gasteiger partial charge in [0.15, 0.2) is 0 Å². The van der Waals surface area contributed by atoms with Gasteiger partial charge in [0, 0.05) is 24.2 Å². The second-order valence-electron chi connectivity index (χ2n) is 4.90. The number of benzene rings is 1. The van der Waals surface area contributed by atoms with Crippen molar-refractivity contribution in [1.29, 1.82) is 0 Å². The molecule has 1 aromatic heterocycles. The summed E-state index contributed by atoms with van der Waals surface area (Å²) in [6.07, 6.45) is 1.73. The summed E-state index contributed by atoms with van der Waals surface area (Å²) in [6, 6.07) is 6.79. The van der Waals surface area contributed by atoms with E-state index in [2.05, 4.69) is 20.6 Å². The molecule has 0 saturated heterocycles. The third-order valence-corrected chi connectivity index (χ3v) is 3.46. The molecular formula is C15H18N4O2. The van der Waals surface area contributed by atoms with Gasteiger partial charge in [-0.15, -0.1) is 0 Å². The number of ether oxygens (including phenoxy) is 1. The van der Waals surface area contributed by atoms with E-state index in [0.29, 0.717) is 11.8 Å². The molecule has 0 fully saturated rings. The van der Waals surface area contributed by atoms with E-state index in [9.17, 15) is 5.11 Å². The highest BCUT2D eigenvalue weighted by molar-refractivity contribution is 5.55. The Morgan fingerprint density at radius 2 is 1.90 bits per heavy atom. The second-order valence-corrected chi connectivity index (χ2v) is 4.90. The molecule has 0 bridgehead atoms. The average molecular weight is 286 g/mol. The third kappa shape index (κ3) is 3.05. The molecule has 0 spiro atoms. The molecule has 1 aliphatic rings. The Morgan fingerprint density at radius 1 is 1.14 bits per heavy atom. The van der Waals surface area contributed by atoms with Crippen LogP contribution < -0.4 is 15.4 Å². The average Bonchev–Trinajstić information content (AvgIpc) is 2.74. The lowest BCUT2D eigenvalue weighted by Crippen LogP contribution is -2.16. The molecule has 21 heavy (non-hydrogen) atoms. The van der Waals surface area contributed by atoms with E-state index in [1.807, 2.05) is 0 Å². The van der Waals surface area contributed by atoms with Gasteiger partial charge in [-0.25, -0.2) is 4.98 Å². The topological polar surface area (TPSA) is 79.3 Å². The van der Waals surface area contributed by atoms with Crippen LogP contribution in [0.25, 0.3) is 0 Å². The predicted octanol–water partition coefficient (Wildman–Crippen LogP) is 1.62. The Morgan fingerprint density at radius 3 is 2.67 bits per heavy atom. The Labute approximate surface area is 123 Å². The van der Waals surface area contributed by atoms with Crippen LogP contribution in [0, 0.1) is 0 Å². The molecule has 0 atom stereocenters. The highest BCUT2D eigenvalue weighted by Crippen LogP contribution is 2.25. The van der Waals surface area contributed by atoms with Crippen molar-refractivity contribution >= 4 is 11.6 Å². The molecule has 6 heteroatoms. The van der Waals surface area contributed by atoms with Gasteiger partial charge in [-0.05, 0) is 37.2 Å². The second kappa shape index (κ2) is 5.97. The first-order chi connectivity index (χ1) is 10.3. The maximum absolute atomic E-state index is 9.31. The molecule has 1 aromatic carbocycles. The SMILES string of the molecule is COc1nc(Nc2ccc(O)cc2)nc2c1CCNCC2. The molecule has 0 saturated carbocycles. The van der Waals surface area contributed by atoms with E-state index < -0.39 is 0 Å². The minimum atomic E-state index is 0.229. The quantitative estimate of drug-likeness (QED) is 0.744. The van der Waals surface area contributed by atoms with Gasteiger partial charge in [0.1, 0.15) is 5.75 Å². The molecule has 2 heterocycles. The number of fused-ring (bicyclic) bond motifs is 1. The zero-order valence-corrected chi connectivity index (χ0v) is 11.9. The number of nitrogens with one attached hydrogen (secondary N) is 2. The number of anilines is 2. The number of phenols is 1. The first-order valence-electron chi connectivity index (χ1n) is 6.97. The summed E-state index contributed by atoms with van der Waals surface area (Å²) in [4.78, 5) is 9.02. The van der Waals surface area contributed by atoms with Gasteiger partial charge in [-0.1, -0.05) is 0 Å². The van der Waals surface area contributed by atoms with Crippen molar-refractivity contribution in [1.82, 2.24) is 15.3 Å². The van der Waals surface area contributed by atoms with Crippen molar-refractivity contribution in [2.24, 2.45) is 0 Å². The third-order valence-electron chi connectivity index (χ3n) is 3.46. The van der Waals surface area contributed by atoms with E-state index in [1.54, 1.807) is 31.4 Å². The Kier molecular flexibility index (Phi) is 3.87. The lowest BCUT2D eigenvalue weighted by atomic mass is 10.1. The normalized spacial score (nSPS) is 14.1. The van der Waals surface area contributed by atoms with Gasteiger partial charge in [0.25, 0.3) is 0 Å². The molecule has 0 aliphatic carbocycles. The summed E-state index contributed by atoms with van der Waals surface area (Å²) in [5, 5.41) is 15.8. The molecule has 3 rings (SSSR count). The van der Waals surface area contributed by atoms with Crippen LogP contribution in [0.15, 0.2) is 24.3 Å². The highest BCUT2D eigenvalue weighted by atomic mass is 16.5. The van der Waals surface area contributed by atoms with Crippen LogP contribution in [-0.2, 0) is 12.8 Å². The fourth-order valence-corrected chi connectivity index (χ4v) is 2.41. The fraction of sp³-hybridized carbons (Fsp3) is 0.333. The zero-order valence-electron chi connectivity index (χ0n) is 11.9. The summed E-state index contributed by atoms with van der Waals surface area (Å²) in [7, 11) is 1.63. The minimum Gasteiger partial charge on any atom is -0.508 e. The van der Waals surface area contributed by atoms with Gasteiger partial charge < -0.3 is 20.5 Å². The molecule has 2 aromatic rings. The molecule has 0 amide bonds. The maximum Gasteiger partial charge on any atom is 0.230 e. The van der Waals surface area contributed by atoms with Gasteiger partial charge in [-0.3, -0.25) is 0 Å². The van der Waals surface area contributed by atoms with Crippen LogP contribution in [0.2, 0.25) is 0 Å². The first kappa shape index (κ1) is 13.6. The first-order valence-corrected chi connectivity index (χ1v) is 6.97. The Balaban J connectivity index is 1.92. The van der Waals surface area contributed by atoms with Crippen molar-refractivity contribution in [3.05, 3.63) is 35.5 Å². The van der Waals surface area contributed by atoms with Crippen LogP contribution in [0.4, 0.5) is 11.6 Å². The van der Waals surface area contributed by atoms with Gasteiger partial charge in [0.2, 0.25) is 11.8 Å². The van der Waals surface area contributed by atoms with Crippen molar-refractivity contribution in [3.8, 4) is 11.6 Å². The molecular weight excluding hydrogens is 268 g/mol. The molecule has 6 nitrogen and oxygen atoms in total. The fourth-order valence-electron chi connectivity index (χ4n) is 2.41. The number of hydrogen-bond donors (Lipinski definition) is 3. The maximum atomic E-state index is 9.31. The van der Waals surface area contributed by atoms with E-state index in [4.69, 9.17) is 4.74 Å². The molecule has 3 N–H and O–H groups in total. The van der Waals surface area contributed by atoms with Crippen LogP contribution >= 0.6 is 0 Å². The number of nitrogens with zero attached hydrogens (tertiary/aromatic N) is 2. The van der Waals surface area contributed by atoms with Crippen molar-refractivity contribution in [3.63, 3.8) is 0 Å². The summed E-state index contributed by atoms with van der Waals surface area (Å²) in [5.41, 5.74) is 2.92. The summed E-state index contributed by atoms with van der Waals surface area (Å²) >= 11 is 0.